The maximum absolute atomic E-state index is 12.7. The van der Waals surface area contributed by atoms with Crippen LogP contribution >= 0.6 is 11.6 Å². The minimum atomic E-state index is -3.58. The second kappa shape index (κ2) is 5.52. The van der Waals surface area contributed by atoms with Gasteiger partial charge in [-0.15, -0.1) is 0 Å². The first-order chi connectivity index (χ1) is 9.23. The Morgan fingerprint density at radius 3 is 2.30 bits per heavy atom. The van der Waals surface area contributed by atoms with Crippen molar-refractivity contribution in [3.05, 3.63) is 23.2 Å². The van der Waals surface area contributed by atoms with Crippen molar-refractivity contribution in [2.75, 3.05) is 25.9 Å². The van der Waals surface area contributed by atoms with Crippen LogP contribution in [-0.4, -0.2) is 49.8 Å². The third kappa shape index (κ3) is 2.79. The number of hydrogen-bond acceptors (Lipinski definition) is 4. The average Bonchev–Trinajstić information content (AvgIpc) is 2.34. The third-order valence-corrected chi connectivity index (χ3v) is 6.06. The summed E-state index contributed by atoms with van der Waals surface area (Å²) < 4.78 is 26.9. The number of nitrogens with two attached hydrogens (primary N) is 1. The molecule has 0 aromatic heterocycles. The van der Waals surface area contributed by atoms with Crippen LogP contribution in [0.25, 0.3) is 0 Å². The van der Waals surface area contributed by atoms with Gasteiger partial charge in [0.1, 0.15) is 4.90 Å². The maximum atomic E-state index is 12.7. The number of anilines is 1. The molecule has 2 atom stereocenters. The Balaban J connectivity index is 2.35. The van der Waals surface area contributed by atoms with Crippen LogP contribution in [0.1, 0.15) is 13.8 Å². The molecule has 1 fully saturated rings. The van der Waals surface area contributed by atoms with Gasteiger partial charge in [-0.3, -0.25) is 4.90 Å². The second-order valence-electron chi connectivity index (χ2n) is 5.37. The summed E-state index contributed by atoms with van der Waals surface area (Å²) in [7, 11) is -1.57. The SMILES string of the molecule is CC1CN(S(=O)(=O)c2ccc(Cl)cc2N)CC(C)N1C. The highest BCUT2D eigenvalue weighted by Gasteiger charge is 2.35. The molecule has 1 aliphatic rings. The van der Waals surface area contributed by atoms with Crippen molar-refractivity contribution >= 4 is 27.3 Å². The van der Waals surface area contributed by atoms with E-state index in [1.165, 1.54) is 16.4 Å². The van der Waals surface area contributed by atoms with Crippen LogP contribution in [0.15, 0.2) is 23.1 Å². The predicted octanol–water partition coefficient (Wildman–Crippen LogP) is 1.64. The van der Waals surface area contributed by atoms with Crippen LogP contribution < -0.4 is 5.73 Å². The van der Waals surface area contributed by atoms with Gasteiger partial charge in [0.05, 0.1) is 5.69 Å². The smallest absolute Gasteiger partial charge is 0.245 e. The number of sulfonamides is 1. The first-order valence-electron chi connectivity index (χ1n) is 6.50. The minimum Gasteiger partial charge on any atom is -0.398 e. The van der Waals surface area contributed by atoms with Crippen LogP contribution in [0, 0.1) is 0 Å². The molecule has 1 heterocycles. The van der Waals surface area contributed by atoms with Crippen molar-refractivity contribution in [2.24, 2.45) is 0 Å². The van der Waals surface area contributed by atoms with Crippen molar-refractivity contribution in [1.29, 1.82) is 0 Å². The zero-order valence-electron chi connectivity index (χ0n) is 11.9. The summed E-state index contributed by atoms with van der Waals surface area (Å²) in [6, 6.07) is 4.83. The van der Waals surface area contributed by atoms with E-state index in [1.807, 2.05) is 20.9 Å². The first kappa shape index (κ1) is 15.6. The Morgan fingerprint density at radius 1 is 1.25 bits per heavy atom. The monoisotopic (exact) mass is 317 g/mol. The highest BCUT2D eigenvalue weighted by atomic mass is 35.5. The van der Waals surface area contributed by atoms with Gasteiger partial charge in [-0.2, -0.15) is 4.31 Å². The van der Waals surface area contributed by atoms with E-state index in [9.17, 15) is 8.42 Å². The topological polar surface area (TPSA) is 66.6 Å². The zero-order chi connectivity index (χ0) is 15.1. The fourth-order valence-electron chi connectivity index (χ4n) is 2.45. The fourth-order valence-corrected chi connectivity index (χ4v) is 4.33. The molecular formula is C13H20ClN3O2S. The largest absolute Gasteiger partial charge is 0.398 e. The molecule has 2 unspecified atom stereocenters. The van der Waals surface area contributed by atoms with Crippen molar-refractivity contribution in [3.63, 3.8) is 0 Å². The van der Waals surface area contributed by atoms with Crippen molar-refractivity contribution in [3.8, 4) is 0 Å². The zero-order valence-corrected chi connectivity index (χ0v) is 13.4. The number of hydrogen-bond donors (Lipinski definition) is 1. The lowest BCUT2D eigenvalue weighted by molar-refractivity contribution is 0.105. The molecule has 1 saturated heterocycles. The number of nitrogen functional groups attached to an aromatic ring is 1. The summed E-state index contributed by atoms with van der Waals surface area (Å²) in [5.41, 5.74) is 6.00. The molecule has 1 aromatic carbocycles. The van der Waals surface area contributed by atoms with Crippen molar-refractivity contribution < 1.29 is 8.42 Å². The standard InChI is InChI=1S/C13H20ClN3O2S/c1-9-7-17(8-10(2)16(9)3)20(18,19)13-5-4-11(14)6-12(13)15/h4-6,9-10H,7-8,15H2,1-3H3. The summed E-state index contributed by atoms with van der Waals surface area (Å²) in [6.45, 7) is 4.96. The Morgan fingerprint density at radius 2 is 1.80 bits per heavy atom. The van der Waals surface area contributed by atoms with Crippen molar-refractivity contribution in [2.45, 2.75) is 30.8 Å². The molecular weight excluding hydrogens is 298 g/mol. The first-order valence-corrected chi connectivity index (χ1v) is 8.32. The molecule has 112 valence electrons. The number of rotatable bonds is 2. The average molecular weight is 318 g/mol. The summed E-state index contributed by atoms with van der Waals surface area (Å²) in [5.74, 6) is 0. The molecule has 0 radical (unpaired) electrons. The fraction of sp³-hybridized carbons (Fsp3) is 0.538. The summed E-state index contributed by atoms with van der Waals surface area (Å²) in [4.78, 5) is 2.31. The van der Waals surface area contributed by atoms with E-state index in [2.05, 4.69) is 4.90 Å². The molecule has 20 heavy (non-hydrogen) atoms. The van der Waals surface area contributed by atoms with Crippen molar-refractivity contribution in [1.82, 2.24) is 9.21 Å². The second-order valence-corrected chi connectivity index (χ2v) is 7.71. The minimum absolute atomic E-state index is 0.130. The highest BCUT2D eigenvalue weighted by molar-refractivity contribution is 7.89. The lowest BCUT2D eigenvalue weighted by Crippen LogP contribution is -2.56. The summed E-state index contributed by atoms with van der Waals surface area (Å²) in [6.07, 6.45) is 0. The van der Waals surface area contributed by atoms with E-state index in [0.717, 1.165) is 0 Å². The van der Waals surface area contributed by atoms with E-state index < -0.39 is 10.0 Å². The number of nitrogens with zero attached hydrogens (tertiary/aromatic N) is 2. The molecule has 0 amide bonds. The Labute approximate surface area is 125 Å². The molecule has 7 heteroatoms. The number of halogens is 1. The van der Waals surface area contributed by atoms with Gasteiger partial charge < -0.3 is 5.73 Å². The van der Waals surface area contributed by atoms with Crippen LogP contribution in [0.4, 0.5) is 5.69 Å². The van der Waals surface area contributed by atoms with E-state index in [-0.39, 0.29) is 22.7 Å². The van der Waals surface area contributed by atoms with Crippen LogP contribution in [0.2, 0.25) is 5.02 Å². The van der Waals surface area contributed by atoms with Gasteiger partial charge in [0, 0.05) is 30.2 Å². The van der Waals surface area contributed by atoms with Gasteiger partial charge in [-0.1, -0.05) is 11.6 Å². The van der Waals surface area contributed by atoms with E-state index in [1.54, 1.807) is 6.07 Å². The van der Waals surface area contributed by atoms with Gasteiger partial charge >= 0.3 is 0 Å². The van der Waals surface area contributed by atoms with Gasteiger partial charge in [0.25, 0.3) is 0 Å². The van der Waals surface area contributed by atoms with Crippen LogP contribution in [-0.2, 0) is 10.0 Å². The Kier molecular flexibility index (Phi) is 4.30. The van der Waals surface area contributed by atoms with Gasteiger partial charge in [0.15, 0.2) is 0 Å². The van der Waals surface area contributed by atoms with Crippen LogP contribution in [0.5, 0.6) is 0 Å². The van der Waals surface area contributed by atoms with E-state index in [0.29, 0.717) is 18.1 Å². The lowest BCUT2D eigenvalue weighted by Gasteiger charge is -2.41. The van der Waals surface area contributed by atoms with Gasteiger partial charge in [-0.25, -0.2) is 8.42 Å². The Bertz CT molecular complexity index is 594. The number of benzene rings is 1. The molecule has 1 aliphatic heterocycles. The molecule has 0 bridgehead atoms. The molecule has 5 nitrogen and oxygen atoms in total. The molecule has 1 aromatic rings. The summed E-state index contributed by atoms with van der Waals surface area (Å²) in [5, 5.41) is 0.432. The number of likely N-dealkylation sites (N-methyl/N-ethyl adjacent to an activating group) is 1. The predicted molar refractivity (Wildman–Crippen MR) is 81.3 cm³/mol. The van der Waals surface area contributed by atoms with E-state index >= 15 is 0 Å². The van der Waals surface area contributed by atoms with Crippen LogP contribution in [0.3, 0.4) is 0 Å². The molecule has 2 rings (SSSR count). The highest BCUT2D eigenvalue weighted by Crippen LogP contribution is 2.27. The normalized spacial score (nSPS) is 25.8. The molecule has 0 saturated carbocycles. The van der Waals surface area contributed by atoms with Gasteiger partial charge in [-0.05, 0) is 39.1 Å². The molecule has 0 spiro atoms. The maximum Gasteiger partial charge on any atom is 0.245 e. The third-order valence-electron chi connectivity index (χ3n) is 3.92. The lowest BCUT2D eigenvalue weighted by atomic mass is 10.1. The number of piperazine rings is 1. The summed E-state index contributed by atoms with van der Waals surface area (Å²) >= 11 is 5.82. The van der Waals surface area contributed by atoms with E-state index in [4.69, 9.17) is 17.3 Å². The molecule has 0 aliphatic carbocycles. The van der Waals surface area contributed by atoms with Gasteiger partial charge in [0.2, 0.25) is 10.0 Å². The quantitative estimate of drug-likeness (QED) is 0.842. The molecule has 2 N–H and O–H groups in total. The Hall–Kier alpha value is -0.820.